The van der Waals surface area contributed by atoms with Crippen molar-refractivity contribution >= 4 is 0 Å². The molecule has 0 aromatic heterocycles. The van der Waals surface area contributed by atoms with Gasteiger partial charge in [0, 0.05) is 18.0 Å². The molecule has 0 aliphatic heterocycles. The van der Waals surface area contributed by atoms with Gasteiger partial charge in [0.2, 0.25) is 0 Å². The standard InChI is InChI=1S/C24H37NO2/c1-6-7-8-9-19-15-22(26-5)24(23(16-19)27-13-12-25)21-14-18(4)10-11-20(21)17(2)3/h14-16,20-21H,2,6-13,25H2,1,3-5H3. The number of ether oxygens (including phenoxy) is 2. The average molecular weight is 372 g/mol. The van der Waals surface area contributed by atoms with E-state index in [-0.39, 0.29) is 5.92 Å². The highest BCUT2D eigenvalue weighted by Gasteiger charge is 2.31. The minimum absolute atomic E-state index is 0.240. The van der Waals surface area contributed by atoms with Crippen LogP contribution < -0.4 is 15.2 Å². The molecule has 1 aromatic rings. The Hall–Kier alpha value is -1.74. The molecule has 2 unspecified atom stereocenters. The van der Waals surface area contributed by atoms with Crippen LogP contribution in [0.2, 0.25) is 0 Å². The van der Waals surface area contributed by atoms with Crippen LogP contribution in [-0.4, -0.2) is 20.3 Å². The molecule has 150 valence electrons. The second-order valence-corrected chi connectivity index (χ2v) is 7.83. The summed E-state index contributed by atoms with van der Waals surface area (Å²) in [7, 11) is 1.76. The lowest BCUT2D eigenvalue weighted by molar-refractivity contribution is 0.313. The van der Waals surface area contributed by atoms with Gasteiger partial charge in [0.1, 0.15) is 18.1 Å². The number of nitrogens with two attached hydrogens (primary N) is 1. The molecule has 3 heteroatoms. The minimum Gasteiger partial charge on any atom is -0.496 e. The first-order chi connectivity index (χ1) is 13.0. The Bertz CT molecular complexity index is 663. The van der Waals surface area contributed by atoms with Crippen molar-refractivity contribution in [1.29, 1.82) is 0 Å². The largest absolute Gasteiger partial charge is 0.496 e. The summed E-state index contributed by atoms with van der Waals surface area (Å²) in [6.07, 6.45) is 9.33. The minimum atomic E-state index is 0.240. The van der Waals surface area contributed by atoms with Crippen LogP contribution in [0.25, 0.3) is 0 Å². The zero-order chi connectivity index (χ0) is 19.8. The number of benzene rings is 1. The monoisotopic (exact) mass is 371 g/mol. The normalized spacial score (nSPS) is 19.5. The molecular weight excluding hydrogens is 334 g/mol. The Balaban J connectivity index is 2.50. The fourth-order valence-corrected chi connectivity index (χ4v) is 4.07. The van der Waals surface area contributed by atoms with E-state index in [1.54, 1.807) is 7.11 Å². The Labute approximate surface area is 165 Å². The van der Waals surface area contributed by atoms with Gasteiger partial charge in [0.25, 0.3) is 0 Å². The molecule has 27 heavy (non-hydrogen) atoms. The molecule has 0 fully saturated rings. The van der Waals surface area contributed by atoms with Gasteiger partial charge in [0.05, 0.1) is 7.11 Å². The van der Waals surface area contributed by atoms with Crippen molar-refractivity contribution in [3.8, 4) is 11.5 Å². The van der Waals surface area contributed by atoms with E-state index in [9.17, 15) is 0 Å². The molecule has 0 bridgehead atoms. The van der Waals surface area contributed by atoms with E-state index in [0.29, 0.717) is 19.1 Å². The fourth-order valence-electron chi connectivity index (χ4n) is 4.07. The van der Waals surface area contributed by atoms with E-state index in [4.69, 9.17) is 15.2 Å². The average Bonchev–Trinajstić information content (AvgIpc) is 2.65. The number of rotatable bonds is 10. The van der Waals surface area contributed by atoms with E-state index in [2.05, 4.69) is 45.6 Å². The van der Waals surface area contributed by atoms with Crippen molar-refractivity contribution in [3.05, 3.63) is 47.1 Å². The van der Waals surface area contributed by atoms with Crippen molar-refractivity contribution in [2.75, 3.05) is 20.3 Å². The van der Waals surface area contributed by atoms with Crippen LogP contribution in [0.15, 0.2) is 35.9 Å². The van der Waals surface area contributed by atoms with Crippen LogP contribution in [0.4, 0.5) is 0 Å². The highest BCUT2D eigenvalue weighted by molar-refractivity contribution is 5.53. The molecule has 2 atom stereocenters. The van der Waals surface area contributed by atoms with Crippen LogP contribution >= 0.6 is 0 Å². The maximum absolute atomic E-state index is 6.13. The Morgan fingerprint density at radius 1 is 1.26 bits per heavy atom. The van der Waals surface area contributed by atoms with E-state index in [1.165, 1.54) is 36.0 Å². The maximum atomic E-state index is 6.13. The van der Waals surface area contributed by atoms with Gasteiger partial charge in [-0.1, -0.05) is 43.6 Å². The summed E-state index contributed by atoms with van der Waals surface area (Å²) >= 11 is 0. The fraction of sp³-hybridized carbons (Fsp3) is 0.583. The van der Waals surface area contributed by atoms with Crippen LogP contribution in [0.1, 0.15) is 69.9 Å². The number of aryl methyl sites for hydroxylation is 1. The highest BCUT2D eigenvalue weighted by Crippen LogP contribution is 2.47. The van der Waals surface area contributed by atoms with Crippen molar-refractivity contribution < 1.29 is 9.47 Å². The molecule has 1 aromatic carbocycles. The number of unbranched alkanes of at least 4 members (excludes halogenated alkanes) is 2. The van der Waals surface area contributed by atoms with Crippen molar-refractivity contribution in [1.82, 2.24) is 0 Å². The first kappa shape index (κ1) is 21.6. The topological polar surface area (TPSA) is 44.5 Å². The molecule has 2 rings (SSSR count). The molecule has 0 amide bonds. The smallest absolute Gasteiger partial charge is 0.127 e. The Morgan fingerprint density at radius 3 is 2.63 bits per heavy atom. The summed E-state index contributed by atoms with van der Waals surface area (Å²) in [5, 5.41) is 0. The van der Waals surface area contributed by atoms with Gasteiger partial charge in [0.15, 0.2) is 0 Å². The van der Waals surface area contributed by atoms with Gasteiger partial charge in [-0.15, -0.1) is 0 Å². The van der Waals surface area contributed by atoms with Gasteiger partial charge < -0.3 is 15.2 Å². The van der Waals surface area contributed by atoms with Crippen LogP contribution in [-0.2, 0) is 6.42 Å². The van der Waals surface area contributed by atoms with Gasteiger partial charge in [-0.3, -0.25) is 0 Å². The third-order valence-electron chi connectivity index (χ3n) is 5.54. The summed E-state index contributed by atoms with van der Waals surface area (Å²) in [6, 6.07) is 4.41. The van der Waals surface area contributed by atoms with Gasteiger partial charge in [-0.2, -0.15) is 0 Å². The summed E-state index contributed by atoms with van der Waals surface area (Å²) in [4.78, 5) is 0. The highest BCUT2D eigenvalue weighted by atomic mass is 16.5. The first-order valence-corrected chi connectivity index (χ1v) is 10.4. The van der Waals surface area contributed by atoms with E-state index in [1.807, 2.05) is 0 Å². The molecule has 0 saturated heterocycles. The molecule has 0 spiro atoms. The third kappa shape index (κ3) is 5.62. The number of methoxy groups -OCH3 is 1. The summed E-state index contributed by atoms with van der Waals surface area (Å²) in [5.74, 6) is 2.50. The van der Waals surface area contributed by atoms with Crippen molar-refractivity contribution in [3.63, 3.8) is 0 Å². The predicted octanol–water partition coefficient (Wildman–Crippen LogP) is 5.78. The van der Waals surface area contributed by atoms with E-state index >= 15 is 0 Å². The molecule has 3 nitrogen and oxygen atoms in total. The third-order valence-corrected chi connectivity index (χ3v) is 5.54. The Morgan fingerprint density at radius 2 is 2.00 bits per heavy atom. The molecular formula is C24H37NO2. The van der Waals surface area contributed by atoms with Crippen molar-refractivity contribution in [2.24, 2.45) is 11.7 Å². The zero-order valence-corrected chi connectivity index (χ0v) is 17.6. The van der Waals surface area contributed by atoms with Gasteiger partial charge in [-0.05, 0) is 63.1 Å². The predicted molar refractivity (Wildman–Crippen MR) is 115 cm³/mol. The molecule has 0 radical (unpaired) electrons. The zero-order valence-electron chi connectivity index (χ0n) is 17.6. The van der Waals surface area contributed by atoms with Gasteiger partial charge in [-0.25, -0.2) is 0 Å². The molecule has 0 heterocycles. The Kier molecular flexibility index (Phi) is 8.43. The van der Waals surface area contributed by atoms with Crippen LogP contribution in [0, 0.1) is 5.92 Å². The lowest BCUT2D eigenvalue weighted by atomic mass is 9.73. The molecule has 0 saturated carbocycles. The number of hydrogen-bond acceptors (Lipinski definition) is 3. The summed E-state index contributed by atoms with van der Waals surface area (Å²) < 4.78 is 12.0. The maximum Gasteiger partial charge on any atom is 0.127 e. The summed E-state index contributed by atoms with van der Waals surface area (Å²) in [5.41, 5.74) is 10.8. The lowest BCUT2D eigenvalue weighted by Crippen LogP contribution is -2.20. The number of hydrogen-bond donors (Lipinski definition) is 1. The quantitative estimate of drug-likeness (QED) is 0.419. The van der Waals surface area contributed by atoms with Crippen LogP contribution in [0.5, 0.6) is 11.5 Å². The second kappa shape index (κ2) is 10.6. The number of allylic oxidation sites excluding steroid dienone is 3. The molecule has 1 aliphatic carbocycles. The summed E-state index contributed by atoms with van der Waals surface area (Å²) in [6.45, 7) is 11.9. The lowest BCUT2D eigenvalue weighted by Gasteiger charge is -2.32. The van der Waals surface area contributed by atoms with E-state index < -0.39 is 0 Å². The molecule has 2 N–H and O–H groups in total. The van der Waals surface area contributed by atoms with Gasteiger partial charge >= 0.3 is 0 Å². The van der Waals surface area contributed by atoms with Crippen molar-refractivity contribution in [2.45, 2.75) is 65.2 Å². The SMILES string of the molecule is C=C(C)C1CCC(C)=CC1c1c(OC)cc(CCCCC)cc1OCCN. The molecule has 1 aliphatic rings. The second-order valence-electron chi connectivity index (χ2n) is 7.83. The van der Waals surface area contributed by atoms with Crippen LogP contribution in [0.3, 0.4) is 0 Å². The first-order valence-electron chi connectivity index (χ1n) is 10.4. The van der Waals surface area contributed by atoms with E-state index in [0.717, 1.165) is 36.3 Å².